The molecular weight excluding hydrogens is 570 g/mol. The highest BCUT2D eigenvalue weighted by Crippen LogP contribution is 2.39. The molecule has 1 saturated heterocycles. The van der Waals surface area contributed by atoms with E-state index in [1.54, 1.807) is 42.4 Å². The number of amides is 2. The summed E-state index contributed by atoms with van der Waals surface area (Å²) < 4.78 is 12.7. The maximum Gasteiger partial charge on any atom is 0.293 e. The summed E-state index contributed by atoms with van der Waals surface area (Å²) in [6.45, 7) is 9.10. The Morgan fingerprint density at radius 3 is 2.44 bits per heavy atom. The van der Waals surface area contributed by atoms with Crippen LogP contribution >= 0.6 is 0 Å². The van der Waals surface area contributed by atoms with E-state index in [1.165, 1.54) is 4.57 Å². The van der Waals surface area contributed by atoms with Crippen LogP contribution in [0.5, 0.6) is 5.75 Å². The van der Waals surface area contributed by atoms with Gasteiger partial charge in [-0.2, -0.15) is 0 Å². The molecule has 2 aliphatic rings. The number of rotatable bonds is 6. The van der Waals surface area contributed by atoms with Crippen LogP contribution in [0.1, 0.15) is 52.1 Å². The molecule has 2 N–H and O–H groups in total. The van der Waals surface area contributed by atoms with Gasteiger partial charge in [-0.15, -0.1) is 0 Å². The van der Waals surface area contributed by atoms with E-state index >= 15 is 0 Å². The molecule has 3 heterocycles. The van der Waals surface area contributed by atoms with Crippen molar-refractivity contribution >= 4 is 29.0 Å². The Bertz CT molecular complexity index is 1820. The van der Waals surface area contributed by atoms with Gasteiger partial charge in [0.05, 0.1) is 25.5 Å². The first-order chi connectivity index (χ1) is 21.6. The van der Waals surface area contributed by atoms with Crippen LogP contribution < -0.4 is 20.9 Å². The number of nitrogens with one attached hydrogen (secondary N) is 2. The number of aromatic nitrogens is 2. The lowest BCUT2D eigenvalue weighted by atomic mass is 9.79. The van der Waals surface area contributed by atoms with E-state index in [2.05, 4.69) is 29.5 Å². The molecule has 2 amide bonds. The van der Waals surface area contributed by atoms with Crippen LogP contribution in [0.4, 0.5) is 17.2 Å². The fourth-order valence-electron chi connectivity index (χ4n) is 5.74. The lowest BCUT2D eigenvalue weighted by Gasteiger charge is -2.32. The van der Waals surface area contributed by atoms with E-state index in [1.807, 2.05) is 43.3 Å². The van der Waals surface area contributed by atoms with Gasteiger partial charge in [-0.25, -0.2) is 4.98 Å². The number of hydrogen-bond donors (Lipinski definition) is 2. The monoisotopic (exact) mass is 607 g/mol. The minimum atomic E-state index is -0.299. The van der Waals surface area contributed by atoms with Gasteiger partial charge >= 0.3 is 0 Å². The minimum absolute atomic E-state index is 0.00443. The Balaban J connectivity index is 1.22. The number of hydrogen-bond acceptors (Lipinski definition) is 7. The maximum absolute atomic E-state index is 13.3. The molecule has 0 bridgehead atoms. The summed E-state index contributed by atoms with van der Waals surface area (Å²) in [5.74, 6) is 0.605. The summed E-state index contributed by atoms with van der Waals surface area (Å²) in [6, 6.07) is 18.2. The van der Waals surface area contributed by atoms with Gasteiger partial charge in [0.1, 0.15) is 5.75 Å². The molecule has 0 spiro atoms. The molecule has 0 aliphatic carbocycles. The van der Waals surface area contributed by atoms with Gasteiger partial charge in [-0.05, 0) is 72.4 Å². The lowest BCUT2D eigenvalue weighted by Crippen LogP contribution is -2.40. The zero-order valence-electron chi connectivity index (χ0n) is 26.0. The topological polar surface area (TPSA) is 115 Å². The van der Waals surface area contributed by atoms with Crippen molar-refractivity contribution in [3.8, 4) is 17.0 Å². The standard InChI is InChI=1S/C35H37N5O5/c1-22-26(6-5-7-28(22)38-32(41)24-10-13-27-30(20-24)45-17-14-35(27,2)3)29-21-39(4)34(43)31(37-29)36-25-11-8-23(9-12-25)33(42)40-15-18-44-19-16-40/h5-13,20-21H,14-19H2,1-4H3,(H,36,37)(H,38,41). The third-order valence-electron chi connectivity index (χ3n) is 8.58. The van der Waals surface area contributed by atoms with Crippen LogP contribution in [-0.2, 0) is 17.2 Å². The number of anilines is 3. The highest BCUT2D eigenvalue weighted by molar-refractivity contribution is 6.05. The van der Waals surface area contributed by atoms with Crippen molar-refractivity contribution in [2.24, 2.45) is 7.05 Å². The van der Waals surface area contributed by atoms with Gasteiger partial charge in [0, 0.05) is 54.4 Å². The predicted octanol–water partition coefficient (Wildman–Crippen LogP) is 5.28. The quantitative estimate of drug-likeness (QED) is 0.306. The zero-order valence-corrected chi connectivity index (χ0v) is 26.0. The van der Waals surface area contributed by atoms with Crippen molar-refractivity contribution in [2.45, 2.75) is 32.6 Å². The third-order valence-corrected chi connectivity index (χ3v) is 8.58. The van der Waals surface area contributed by atoms with E-state index in [-0.39, 0.29) is 28.6 Å². The average Bonchev–Trinajstić information content (AvgIpc) is 3.04. The lowest BCUT2D eigenvalue weighted by molar-refractivity contribution is 0.0303. The Morgan fingerprint density at radius 1 is 0.956 bits per heavy atom. The molecule has 1 fully saturated rings. The Kier molecular flexibility index (Phi) is 8.16. The van der Waals surface area contributed by atoms with Gasteiger partial charge in [-0.3, -0.25) is 14.4 Å². The van der Waals surface area contributed by atoms with Gasteiger partial charge < -0.3 is 29.6 Å². The SMILES string of the molecule is Cc1c(NC(=O)c2ccc3c(c2)OCCC3(C)C)cccc1-c1cn(C)c(=O)c(Nc2ccc(C(=O)N3CCOCC3)cc2)n1. The Labute approximate surface area is 262 Å². The molecule has 10 heteroatoms. The van der Waals surface area contributed by atoms with Crippen molar-refractivity contribution in [1.29, 1.82) is 0 Å². The summed E-state index contributed by atoms with van der Waals surface area (Å²) >= 11 is 0. The van der Waals surface area contributed by atoms with E-state index in [0.717, 1.165) is 28.9 Å². The molecule has 1 aromatic heterocycles. The number of ether oxygens (including phenoxy) is 2. The number of morpholine rings is 1. The molecule has 4 aromatic rings. The molecule has 0 atom stereocenters. The Morgan fingerprint density at radius 2 is 1.69 bits per heavy atom. The van der Waals surface area contributed by atoms with Crippen LogP contribution in [0, 0.1) is 6.92 Å². The molecule has 0 unspecified atom stereocenters. The third kappa shape index (κ3) is 6.19. The van der Waals surface area contributed by atoms with Crippen molar-refractivity contribution in [3.63, 3.8) is 0 Å². The van der Waals surface area contributed by atoms with Crippen LogP contribution in [0.25, 0.3) is 11.3 Å². The van der Waals surface area contributed by atoms with Crippen molar-refractivity contribution < 1.29 is 19.1 Å². The number of benzene rings is 3. The molecule has 3 aromatic carbocycles. The van der Waals surface area contributed by atoms with Gasteiger partial charge in [0.2, 0.25) is 0 Å². The summed E-state index contributed by atoms with van der Waals surface area (Å²) in [7, 11) is 1.67. The highest BCUT2D eigenvalue weighted by Gasteiger charge is 2.29. The van der Waals surface area contributed by atoms with Crippen molar-refractivity contribution in [1.82, 2.24) is 14.5 Å². The highest BCUT2D eigenvalue weighted by atomic mass is 16.5. The van der Waals surface area contributed by atoms with Crippen molar-refractivity contribution in [2.75, 3.05) is 43.5 Å². The van der Waals surface area contributed by atoms with Crippen LogP contribution in [0.2, 0.25) is 0 Å². The number of carbonyl (C=O) groups excluding carboxylic acids is 2. The molecule has 0 saturated carbocycles. The molecule has 2 aliphatic heterocycles. The van der Waals surface area contributed by atoms with Crippen LogP contribution in [0.15, 0.2) is 71.7 Å². The van der Waals surface area contributed by atoms with Crippen LogP contribution in [0.3, 0.4) is 0 Å². The first-order valence-electron chi connectivity index (χ1n) is 15.1. The van der Waals surface area contributed by atoms with Crippen LogP contribution in [-0.4, -0.2) is 59.2 Å². The van der Waals surface area contributed by atoms with Gasteiger partial charge in [-0.1, -0.05) is 32.0 Å². The summed E-state index contributed by atoms with van der Waals surface area (Å²) in [4.78, 5) is 45.6. The predicted molar refractivity (Wildman–Crippen MR) is 174 cm³/mol. The maximum atomic E-state index is 13.3. The largest absolute Gasteiger partial charge is 0.493 e. The number of nitrogens with zero attached hydrogens (tertiary/aromatic N) is 3. The molecule has 232 valence electrons. The number of carbonyl (C=O) groups is 2. The fraction of sp³-hybridized carbons (Fsp3) is 0.314. The smallest absolute Gasteiger partial charge is 0.293 e. The first kappa shape index (κ1) is 30.1. The summed E-state index contributed by atoms with van der Waals surface area (Å²) in [5.41, 5.74) is 5.30. The number of fused-ring (bicyclic) bond motifs is 1. The molecular formula is C35H37N5O5. The molecule has 45 heavy (non-hydrogen) atoms. The van der Waals surface area contributed by atoms with E-state index in [0.29, 0.717) is 61.1 Å². The first-order valence-corrected chi connectivity index (χ1v) is 15.1. The van der Waals surface area contributed by atoms with Gasteiger partial charge in [0.15, 0.2) is 5.82 Å². The summed E-state index contributed by atoms with van der Waals surface area (Å²) in [5, 5.41) is 6.15. The Hall–Kier alpha value is -4.96. The second-order valence-corrected chi connectivity index (χ2v) is 12.1. The van der Waals surface area contributed by atoms with E-state index in [4.69, 9.17) is 9.47 Å². The normalized spacial score (nSPS) is 15.5. The fourth-order valence-corrected chi connectivity index (χ4v) is 5.74. The molecule has 0 radical (unpaired) electrons. The zero-order chi connectivity index (χ0) is 31.7. The summed E-state index contributed by atoms with van der Waals surface area (Å²) in [6.07, 6.45) is 2.60. The molecule has 6 rings (SSSR count). The van der Waals surface area contributed by atoms with E-state index < -0.39 is 0 Å². The van der Waals surface area contributed by atoms with E-state index in [9.17, 15) is 14.4 Å². The second-order valence-electron chi connectivity index (χ2n) is 12.1. The second kappa shape index (κ2) is 12.2. The minimum Gasteiger partial charge on any atom is -0.493 e. The number of aryl methyl sites for hydroxylation is 1. The molecule has 10 nitrogen and oxygen atoms in total. The van der Waals surface area contributed by atoms with Crippen molar-refractivity contribution in [3.05, 3.63) is 99.5 Å². The average molecular weight is 608 g/mol. The van der Waals surface area contributed by atoms with Gasteiger partial charge in [0.25, 0.3) is 17.4 Å².